The van der Waals surface area contributed by atoms with E-state index in [-0.39, 0.29) is 5.91 Å². The molecule has 1 fully saturated rings. The number of urea groups is 1. The predicted molar refractivity (Wildman–Crippen MR) is 85.9 cm³/mol. The number of carbonyl (C=O) groups excluding carboxylic acids is 2. The highest BCUT2D eigenvalue weighted by molar-refractivity contribution is 9.12. The molecule has 1 aromatic rings. The molecular formula is C15H16BrN3O2. The lowest BCUT2D eigenvalue weighted by molar-refractivity contribution is -0.130. The van der Waals surface area contributed by atoms with Crippen molar-refractivity contribution in [3.63, 3.8) is 0 Å². The molecule has 21 heavy (non-hydrogen) atoms. The minimum atomic E-state index is -0.871. The maximum Gasteiger partial charge on any atom is 0.346 e. The van der Waals surface area contributed by atoms with Crippen LogP contribution in [0.5, 0.6) is 0 Å². The Labute approximate surface area is 131 Å². The number of hydrazone groups is 1. The van der Waals surface area contributed by atoms with Gasteiger partial charge in [-0.1, -0.05) is 37.3 Å². The number of imide groups is 1. The monoisotopic (exact) mass is 349 g/mol. The van der Waals surface area contributed by atoms with Crippen molar-refractivity contribution in [1.82, 2.24) is 10.3 Å². The van der Waals surface area contributed by atoms with Crippen LogP contribution in [0.15, 0.2) is 39.9 Å². The lowest BCUT2D eigenvalue weighted by atomic mass is 10.00. The summed E-state index contributed by atoms with van der Waals surface area (Å²) in [5.74, 6) is -0.341. The Balaban J connectivity index is 2.13. The van der Waals surface area contributed by atoms with Crippen LogP contribution in [0.2, 0.25) is 0 Å². The van der Waals surface area contributed by atoms with Crippen LogP contribution in [0.4, 0.5) is 4.79 Å². The molecule has 0 bridgehead atoms. The van der Waals surface area contributed by atoms with Gasteiger partial charge in [0.05, 0.1) is 6.21 Å². The Morgan fingerprint density at radius 3 is 2.62 bits per heavy atom. The SMILES string of the molecule is CCC1(C)NC(=O)N(N=CC(Br)=Cc2ccccc2)C1=O. The molecule has 6 heteroatoms. The fourth-order valence-electron chi connectivity index (χ4n) is 1.87. The van der Waals surface area contributed by atoms with Gasteiger partial charge in [-0.25, -0.2) is 4.79 Å². The number of nitrogens with one attached hydrogen (secondary N) is 1. The van der Waals surface area contributed by atoms with Crippen molar-refractivity contribution in [3.05, 3.63) is 40.4 Å². The van der Waals surface area contributed by atoms with E-state index in [1.807, 2.05) is 43.3 Å². The van der Waals surface area contributed by atoms with Crippen molar-refractivity contribution in [3.8, 4) is 0 Å². The average molecular weight is 350 g/mol. The first-order chi connectivity index (χ1) is 9.96. The van der Waals surface area contributed by atoms with E-state index in [9.17, 15) is 9.59 Å². The zero-order valence-electron chi connectivity index (χ0n) is 11.8. The van der Waals surface area contributed by atoms with Crippen molar-refractivity contribution < 1.29 is 9.59 Å². The Morgan fingerprint density at radius 1 is 1.38 bits per heavy atom. The maximum absolute atomic E-state index is 12.1. The molecule has 0 radical (unpaired) electrons. The van der Waals surface area contributed by atoms with Crippen molar-refractivity contribution in [2.45, 2.75) is 25.8 Å². The van der Waals surface area contributed by atoms with E-state index in [1.165, 1.54) is 6.21 Å². The van der Waals surface area contributed by atoms with E-state index >= 15 is 0 Å². The minimum Gasteiger partial charge on any atom is -0.322 e. The molecule has 1 heterocycles. The van der Waals surface area contributed by atoms with Crippen LogP contribution in [0.3, 0.4) is 0 Å². The summed E-state index contributed by atoms with van der Waals surface area (Å²) < 4.78 is 0.666. The summed E-state index contributed by atoms with van der Waals surface area (Å²) in [7, 11) is 0. The molecule has 1 aliphatic heterocycles. The third-order valence-corrected chi connectivity index (χ3v) is 3.78. The predicted octanol–water partition coefficient (Wildman–Crippen LogP) is 3.13. The summed E-state index contributed by atoms with van der Waals surface area (Å²) in [5.41, 5.74) is 0.121. The number of nitrogens with zero attached hydrogens (tertiary/aromatic N) is 2. The molecule has 1 atom stereocenters. The Hall–Kier alpha value is -1.95. The number of allylic oxidation sites excluding steroid dienone is 1. The Bertz CT molecular complexity index is 613. The molecule has 1 N–H and O–H groups in total. The standard InChI is InChI=1S/C15H16BrN3O2/c1-3-15(2)13(20)19(14(21)18-15)17-10-12(16)9-11-7-5-4-6-8-11/h4-10H,3H2,1-2H3,(H,18,21). The smallest absolute Gasteiger partial charge is 0.322 e. The van der Waals surface area contributed by atoms with Crippen LogP contribution in [0.25, 0.3) is 6.08 Å². The average Bonchev–Trinajstić information content (AvgIpc) is 2.69. The molecule has 5 nitrogen and oxygen atoms in total. The molecule has 0 aliphatic carbocycles. The van der Waals surface area contributed by atoms with Crippen LogP contribution < -0.4 is 5.32 Å². The van der Waals surface area contributed by atoms with Gasteiger partial charge in [0.25, 0.3) is 5.91 Å². The van der Waals surface area contributed by atoms with Gasteiger partial charge in [-0.3, -0.25) is 4.79 Å². The maximum atomic E-state index is 12.1. The Morgan fingerprint density at radius 2 is 2.05 bits per heavy atom. The Kier molecular flexibility index (Phi) is 4.57. The van der Waals surface area contributed by atoms with Crippen LogP contribution in [-0.2, 0) is 4.79 Å². The molecule has 1 aromatic carbocycles. The van der Waals surface area contributed by atoms with Crippen LogP contribution in [-0.4, -0.2) is 28.7 Å². The van der Waals surface area contributed by atoms with E-state index in [0.29, 0.717) is 10.9 Å². The molecule has 110 valence electrons. The highest BCUT2D eigenvalue weighted by Crippen LogP contribution is 2.21. The quantitative estimate of drug-likeness (QED) is 0.670. The molecule has 1 unspecified atom stereocenters. The summed E-state index contributed by atoms with van der Waals surface area (Å²) in [6, 6.07) is 9.16. The summed E-state index contributed by atoms with van der Waals surface area (Å²) in [6.45, 7) is 3.54. The number of hydrogen-bond donors (Lipinski definition) is 1. The van der Waals surface area contributed by atoms with Crippen LogP contribution in [0.1, 0.15) is 25.8 Å². The summed E-state index contributed by atoms with van der Waals surface area (Å²) in [5, 5.41) is 7.46. The van der Waals surface area contributed by atoms with Gasteiger partial charge < -0.3 is 5.32 Å². The van der Waals surface area contributed by atoms with Gasteiger partial charge in [0.15, 0.2) is 0 Å². The molecule has 1 saturated heterocycles. The zero-order chi connectivity index (χ0) is 15.5. The van der Waals surface area contributed by atoms with Gasteiger partial charge >= 0.3 is 6.03 Å². The van der Waals surface area contributed by atoms with Gasteiger partial charge in [-0.2, -0.15) is 5.10 Å². The van der Waals surface area contributed by atoms with Gasteiger partial charge in [0.2, 0.25) is 0 Å². The fourth-order valence-corrected chi connectivity index (χ4v) is 2.23. The molecule has 0 aromatic heterocycles. The van der Waals surface area contributed by atoms with Crippen LogP contribution >= 0.6 is 15.9 Å². The highest BCUT2D eigenvalue weighted by atomic mass is 79.9. The van der Waals surface area contributed by atoms with Crippen LogP contribution in [0, 0.1) is 0 Å². The van der Waals surface area contributed by atoms with Crippen molar-refractivity contribution in [2.75, 3.05) is 0 Å². The van der Waals surface area contributed by atoms with Gasteiger partial charge in [0, 0.05) is 4.48 Å². The second-order valence-electron chi connectivity index (χ2n) is 4.92. The van der Waals surface area contributed by atoms with E-state index < -0.39 is 11.6 Å². The molecule has 0 spiro atoms. The van der Waals surface area contributed by atoms with Crippen molar-refractivity contribution in [2.24, 2.45) is 5.10 Å². The lowest BCUT2D eigenvalue weighted by Crippen LogP contribution is -2.42. The molecule has 0 saturated carbocycles. The largest absolute Gasteiger partial charge is 0.346 e. The number of carbonyl (C=O) groups is 2. The molecule has 1 aliphatic rings. The van der Waals surface area contributed by atoms with Crippen molar-refractivity contribution >= 4 is 40.2 Å². The first-order valence-electron chi connectivity index (χ1n) is 6.59. The van der Waals surface area contributed by atoms with Gasteiger partial charge in [-0.05, 0) is 40.9 Å². The third kappa shape index (κ3) is 3.39. The first kappa shape index (κ1) is 15.4. The van der Waals surface area contributed by atoms with Gasteiger partial charge in [0.1, 0.15) is 5.54 Å². The second kappa shape index (κ2) is 6.22. The normalized spacial score (nSPS) is 23.0. The number of rotatable bonds is 4. The topological polar surface area (TPSA) is 61.8 Å². The first-order valence-corrected chi connectivity index (χ1v) is 7.38. The summed E-state index contributed by atoms with van der Waals surface area (Å²) >= 11 is 3.35. The lowest BCUT2D eigenvalue weighted by Gasteiger charge is -2.17. The van der Waals surface area contributed by atoms with E-state index in [1.54, 1.807) is 6.92 Å². The highest BCUT2D eigenvalue weighted by Gasteiger charge is 2.46. The number of amides is 3. The van der Waals surface area contributed by atoms with E-state index in [0.717, 1.165) is 10.6 Å². The number of benzene rings is 1. The fraction of sp³-hybridized carbons (Fsp3) is 0.267. The number of hydrogen-bond acceptors (Lipinski definition) is 3. The molecule has 2 rings (SSSR count). The van der Waals surface area contributed by atoms with E-state index in [2.05, 4.69) is 26.3 Å². The number of halogens is 1. The molecule has 3 amide bonds. The van der Waals surface area contributed by atoms with E-state index in [4.69, 9.17) is 0 Å². The summed E-state index contributed by atoms with van der Waals surface area (Å²) in [4.78, 5) is 23.9. The minimum absolute atomic E-state index is 0.341. The zero-order valence-corrected chi connectivity index (χ0v) is 13.4. The van der Waals surface area contributed by atoms with Crippen molar-refractivity contribution in [1.29, 1.82) is 0 Å². The van der Waals surface area contributed by atoms with Gasteiger partial charge in [-0.15, -0.1) is 5.01 Å². The summed E-state index contributed by atoms with van der Waals surface area (Å²) in [6.07, 6.45) is 3.80. The third-order valence-electron chi connectivity index (χ3n) is 3.35. The second-order valence-corrected chi connectivity index (χ2v) is 5.83. The molecular weight excluding hydrogens is 334 g/mol.